The lowest BCUT2D eigenvalue weighted by Gasteiger charge is -2.00. The minimum absolute atomic E-state index is 0.306. The number of fused-ring (bicyclic) bond motifs is 3. The van der Waals surface area contributed by atoms with Crippen LogP contribution in [0.15, 0.2) is 140 Å². The van der Waals surface area contributed by atoms with Gasteiger partial charge in [0.05, 0.1) is 18.6 Å². The van der Waals surface area contributed by atoms with Crippen molar-refractivity contribution in [2.75, 3.05) is 0 Å². The number of hydrogen-bond acceptors (Lipinski definition) is 9. The minimum Gasteiger partial charge on any atom is -0.248 e. The molecule has 0 unspecified atom stereocenters. The SMILES string of the molecule is C(#Cc1ccccn1)CCCCn1nc2ccccc2n1.C(#Cc1ccccn1)CCCCn1nnc2ccccc21.Fc1ccc2nn(CCC#Cc3ccccn3)nc2c1. The summed E-state index contributed by atoms with van der Waals surface area (Å²) in [4.78, 5) is 15.8. The van der Waals surface area contributed by atoms with E-state index in [4.69, 9.17) is 0 Å². The zero-order chi connectivity index (χ0) is 42.4. The van der Waals surface area contributed by atoms with Crippen LogP contribution in [-0.2, 0) is 19.6 Å². The molecule has 62 heavy (non-hydrogen) atoms. The van der Waals surface area contributed by atoms with Crippen molar-refractivity contribution in [2.45, 2.75) is 64.6 Å². The molecule has 9 aromatic rings. The highest BCUT2D eigenvalue weighted by Crippen LogP contribution is 2.12. The molecule has 306 valence electrons. The van der Waals surface area contributed by atoms with Gasteiger partial charge in [-0.1, -0.05) is 65.4 Å². The number of aromatic nitrogens is 12. The van der Waals surface area contributed by atoms with E-state index in [2.05, 4.69) is 87.2 Å². The number of nitrogens with zero attached hydrogens (tertiary/aromatic N) is 12. The topological polar surface area (TPSA) is 131 Å². The van der Waals surface area contributed by atoms with Gasteiger partial charge in [0.15, 0.2) is 0 Å². The van der Waals surface area contributed by atoms with Crippen molar-refractivity contribution in [2.24, 2.45) is 0 Å². The Morgan fingerprint density at radius 2 is 0.919 bits per heavy atom. The summed E-state index contributed by atoms with van der Waals surface area (Å²) in [6.45, 7) is 2.28. The van der Waals surface area contributed by atoms with Crippen LogP contribution in [0.4, 0.5) is 4.39 Å². The number of pyridine rings is 3. The molecule has 3 aromatic carbocycles. The molecule has 6 heterocycles. The van der Waals surface area contributed by atoms with Gasteiger partial charge in [-0.15, -0.1) is 5.10 Å². The first kappa shape index (κ1) is 42.1. The summed E-state index contributed by atoms with van der Waals surface area (Å²) >= 11 is 0. The van der Waals surface area contributed by atoms with Gasteiger partial charge < -0.3 is 0 Å². The first-order chi connectivity index (χ1) is 30.7. The van der Waals surface area contributed by atoms with Crippen molar-refractivity contribution in [3.63, 3.8) is 0 Å². The van der Waals surface area contributed by atoms with Gasteiger partial charge in [0, 0.05) is 50.5 Å². The fourth-order valence-electron chi connectivity index (χ4n) is 5.99. The molecule has 6 aromatic heterocycles. The summed E-state index contributed by atoms with van der Waals surface area (Å²) in [6, 6.07) is 37.5. The zero-order valence-corrected chi connectivity index (χ0v) is 34.1. The molecular formula is C49H43FN12. The molecular weight excluding hydrogens is 776 g/mol. The lowest BCUT2D eigenvalue weighted by Crippen LogP contribution is -2.01. The Hall–Kier alpha value is -8.08. The van der Waals surface area contributed by atoms with E-state index < -0.39 is 0 Å². The smallest absolute Gasteiger partial charge is 0.125 e. The van der Waals surface area contributed by atoms with Crippen LogP contribution < -0.4 is 0 Å². The van der Waals surface area contributed by atoms with Crippen molar-refractivity contribution < 1.29 is 4.39 Å². The summed E-state index contributed by atoms with van der Waals surface area (Å²) in [5.41, 5.74) is 7.60. The third-order valence-electron chi connectivity index (χ3n) is 9.04. The normalized spacial score (nSPS) is 10.3. The summed E-state index contributed by atoms with van der Waals surface area (Å²) in [5, 5.41) is 25.7. The van der Waals surface area contributed by atoms with Crippen molar-refractivity contribution in [1.29, 1.82) is 0 Å². The second kappa shape index (κ2) is 22.9. The van der Waals surface area contributed by atoms with Gasteiger partial charge in [-0.2, -0.15) is 30.0 Å². The molecule has 0 aliphatic heterocycles. The molecule has 12 nitrogen and oxygen atoms in total. The van der Waals surface area contributed by atoms with Crippen LogP contribution in [0.1, 0.15) is 62.0 Å². The second-order valence-electron chi connectivity index (χ2n) is 13.7. The van der Waals surface area contributed by atoms with Gasteiger partial charge in [-0.25, -0.2) is 24.0 Å². The van der Waals surface area contributed by atoms with Gasteiger partial charge >= 0.3 is 0 Å². The Balaban J connectivity index is 0.000000140. The van der Waals surface area contributed by atoms with Crippen LogP contribution in [0.2, 0.25) is 0 Å². The molecule has 0 saturated carbocycles. The quantitative estimate of drug-likeness (QED) is 0.0985. The average Bonchev–Trinajstić information content (AvgIpc) is 4.05. The van der Waals surface area contributed by atoms with Crippen molar-refractivity contribution in [3.8, 4) is 35.5 Å². The molecule has 0 N–H and O–H groups in total. The maximum atomic E-state index is 13.0. The van der Waals surface area contributed by atoms with E-state index in [1.54, 1.807) is 29.5 Å². The van der Waals surface area contributed by atoms with Gasteiger partial charge in [-0.3, -0.25) is 0 Å². The first-order valence-electron chi connectivity index (χ1n) is 20.4. The highest BCUT2D eigenvalue weighted by molar-refractivity contribution is 5.74. The molecule has 0 amide bonds. The van der Waals surface area contributed by atoms with Crippen LogP contribution in [-0.4, -0.2) is 59.9 Å². The molecule has 13 heteroatoms. The van der Waals surface area contributed by atoms with Gasteiger partial charge in [0.1, 0.15) is 50.5 Å². The minimum atomic E-state index is -0.306. The van der Waals surface area contributed by atoms with Gasteiger partial charge in [0.25, 0.3) is 0 Å². The fraction of sp³-hybridized carbons (Fsp3) is 0.204. The van der Waals surface area contributed by atoms with Gasteiger partial charge in [-0.05, 0) is 116 Å². The number of hydrogen-bond donors (Lipinski definition) is 0. The third kappa shape index (κ3) is 13.2. The zero-order valence-electron chi connectivity index (χ0n) is 34.1. The molecule has 9 rings (SSSR count). The molecule has 0 saturated heterocycles. The second-order valence-corrected chi connectivity index (χ2v) is 13.7. The van der Waals surface area contributed by atoms with Crippen LogP contribution in [0.5, 0.6) is 0 Å². The highest BCUT2D eigenvalue weighted by atomic mass is 19.1. The Labute approximate surface area is 359 Å². The number of benzene rings is 3. The molecule has 0 aliphatic carbocycles. The lowest BCUT2D eigenvalue weighted by atomic mass is 10.2. The van der Waals surface area contributed by atoms with Crippen LogP contribution in [0, 0.1) is 41.3 Å². The highest BCUT2D eigenvalue weighted by Gasteiger charge is 2.04. The summed E-state index contributed by atoms with van der Waals surface area (Å²) < 4.78 is 15.0. The predicted molar refractivity (Wildman–Crippen MR) is 238 cm³/mol. The number of rotatable bonds is 10. The number of halogens is 1. The largest absolute Gasteiger partial charge is 0.248 e. The first-order valence-corrected chi connectivity index (χ1v) is 20.4. The summed E-state index contributed by atoms with van der Waals surface area (Å²) in [6.07, 6.45) is 11.8. The van der Waals surface area contributed by atoms with E-state index in [0.29, 0.717) is 24.0 Å². The number of aryl methyl sites for hydroxylation is 3. The van der Waals surface area contributed by atoms with Crippen molar-refractivity contribution in [3.05, 3.63) is 163 Å². The third-order valence-corrected chi connectivity index (χ3v) is 9.04. The fourth-order valence-corrected chi connectivity index (χ4v) is 5.99. The van der Waals surface area contributed by atoms with E-state index in [9.17, 15) is 4.39 Å². The Bertz CT molecular complexity index is 2920. The molecule has 0 radical (unpaired) electrons. The maximum absolute atomic E-state index is 13.0. The van der Waals surface area contributed by atoms with E-state index in [-0.39, 0.29) is 5.82 Å². The Morgan fingerprint density at radius 3 is 1.50 bits per heavy atom. The van der Waals surface area contributed by atoms with E-state index in [1.807, 2.05) is 102 Å². The van der Waals surface area contributed by atoms with E-state index >= 15 is 0 Å². The average molecular weight is 819 g/mol. The molecule has 0 fully saturated rings. The molecule has 0 atom stereocenters. The standard InChI is InChI=1S/2C17H16N4.C15H11FN4/c1(3-9-15-10-6-7-13-18-15)2-8-14-21-17-12-5-4-11-16(17)19-20-21;1(3-9-15-10-6-7-13-18-15)2-8-14-21-19-16-11-4-5-12-17(16)20-21;16-12-7-8-14-15(11-12)19-20(18-14)10-4-2-6-13-5-1-3-9-17-13/h2*4-7,10-13H,1-2,8,14H2;1,3,5,7-9,11H,4,10H2. The lowest BCUT2D eigenvalue weighted by molar-refractivity contribution is 0.508. The Kier molecular flexibility index (Phi) is 15.5. The predicted octanol–water partition coefficient (Wildman–Crippen LogP) is 8.50. The monoisotopic (exact) mass is 818 g/mol. The van der Waals surface area contributed by atoms with E-state index in [0.717, 1.165) is 90.8 Å². The number of unbranched alkanes of at least 4 members (excludes halogenated alkanes) is 4. The maximum Gasteiger partial charge on any atom is 0.125 e. The molecule has 0 spiro atoms. The van der Waals surface area contributed by atoms with Crippen LogP contribution in [0.25, 0.3) is 33.1 Å². The molecule has 0 bridgehead atoms. The van der Waals surface area contributed by atoms with E-state index in [1.165, 1.54) is 16.9 Å². The van der Waals surface area contributed by atoms with Gasteiger partial charge in [0.2, 0.25) is 0 Å². The number of para-hydroxylation sites is 1. The Morgan fingerprint density at radius 1 is 0.435 bits per heavy atom. The van der Waals surface area contributed by atoms with Crippen molar-refractivity contribution in [1.82, 2.24) is 59.9 Å². The molecule has 0 aliphatic rings. The van der Waals surface area contributed by atoms with Crippen LogP contribution >= 0.6 is 0 Å². The summed E-state index contributed by atoms with van der Waals surface area (Å²) in [5.74, 6) is 18.1. The van der Waals surface area contributed by atoms with Crippen molar-refractivity contribution >= 4 is 33.1 Å². The van der Waals surface area contributed by atoms with Crippen LogP contribution in [0.3, 0.4) is 0 Å². The summed E-state index contributed by atoms with van der Waals surface area (Å²) in [7, 11) is 0.